The molecule has 2 heterocycles. The predicted octanol–water partition coefficient (Wildman–Crippen LogP) is 1.44. The van der Waals surface area contributed by atoms with Crippen molar-refractivity contribution in [2.24, 2.45) is 7.05 Å². The molecule has 1 amide bonds. The van der Waals surface area contributed by atoms with Crippen molar-refractivity contribution < 1.29 is 14.3 Å². The smallest absolute Gasteiger partial charge is 0.306 e. The Labute approximate surface area is 134 Å². The molecule has 0 saturated heterocycles. The van der Waals surface area contributed by atoms with Crippen molar-refractivity contribution in [3.8, 4) is 11.3 Å². The maximum absolute atomic E-state index is 11.8. The van der Waals surface area contributed by atoms with E-state index in [1.165, 1.54) is 0 Å². The Kier molecular flexibility index (Phi) is 5.85. The van der Waals surface area contributed by atoms with Crippen LogP contribution in [0.4, 0.5) is 0 Å². The number of aromatic nitrogens is 3. The van der Waals surface area contributed by atoms with Crippen molar-refractivity contribution in [3.63, 3.8) is 0 Å². The van der Waals surface area contributed by atoms with E-state index in [1.807, 2.05) is 25.4 Å². The Bertz CT molecular complexity index is 681. The summed E-state index contributed by atoms with van der Waals surface area (Å²) in [5.41, 5.74) is 2.57. The van der Waals surface area contributed by atoms with Gasteiger partial charge in [0, 0.05) is 38.0 Å². The Morgan fingerprint density at radius 1 is 1.35 bits per heavy atom. The van der Waals surface area contributed by atoms with Crippen molar-refractivity contribution in [2.75, 3.05) is 6.61 Å². The van der Waals surface area contributed by atoms with Crippen LogP contribution in [-0.4, -0.2) is 33.2 Å². The molecule has 0 saturated carbocycles. The average Bonchev–Trinajstić information content (AvgIpc) is 2.98. The van der Waals surface area contributed by atoms with Gasteiger partial charge in [0.2, 0.25) is 5.91 Å². The molecule has 0 radical (unpaired) electrons. The topological polar surface area (TPSA) is 86.1 Å². The number of carbonyl (C=O) groups is 2. The van der Waals surface area contributed by atoms with E-state index in [0.29, 0.717) is 13.2 Å². The lowest BCUT2D eigenvalue weighted by atomic mass is 10.1. The van der Waals surface area contributed by atoms with Gasteiger partial charge in [-0.25, -0.2) is 0 Å². The van der Waals surface area contributed by atoms with E-state index in [4.69, 9.17) is 4.74 Å². The summed E-state index contributed by atoms with van der Waals surface area (Å²) in [4.78, 5) is 27.4. The molecule has 0 atom stereocenters. The Morgan fingerprint density at radius 2 is 2.17 bits per heavy atom. The molecule has 0 unspecified atom stereocenters. The third-order valence-electron chi connectivity index (χ3n) is 3.21. The number of nitrogens with zero attached hydrogens (tertiary/aromatic N) is 3. The summed E-state index contributed by atoms with van der Waals surface area (Å²) >= 11 is 0. The molecule has 0 aliphatic rings. The molecule has 122 valence electrons. The minimum Gasteiger partial charge on any atom is -0.466 e. The van der Waals surface area contributed by atoms with Gasteiger partial charge in [-0.2, -0.15) is 5.10 Å². The van der Waals surface area contributed by atoms with E-state index in [0.717, 1.165) is 16.8 Å². The number of hydrogen-bond acceptors (Lipinski definition) is 5. The first-order chi connectivity index (χ1) is 11.1. The summed E-state index contributed by atoms with van der Waals surface area (Å²) < 4.78 is 6.50. The van der Waals surface area contributed by atoms with Crippen LogP contribution in [0.3, 0.4) is 0 Å². The molecule has 0 spiro atoms. The van der Waals surface area contributed by atoms with Gasteiger partial charge in [0.25, 0.3) is 0 Å². The number of carbonyl (C=O) groups excluding carboxylic acids is 2. The first-order valence-corrected chi connectivity index (χ1v) is 7.45. The molecule has 0 bridgehead atoms. The van der Waals surface area contributed by atoms with Crippen molar-refractivity contribution in [2.45, 2.75) is 26.3 Å². The lowest BCUT2D eigenvalue weighted by Gasteiger charge is -2.08. The van der Waals surface area contributed by atoms with E-state index >= 15 is 0 Å². The fourth-order valence-corrected chi connectivity index (χ4v) is 2.12. The quantitative estimate of drug-likeness (QED) is 0.781. The molecule has 1 N–H and O–H groups in total. The third kappa shape index (κ3) is 4.91. The third-order valence-corrected chi connectivity index (χ3v) is 3.21. The Balaban J connectivity index is 1.93. The van der Waals surface area contributed by atoms with Crippen LogP contribution in [0.25, 0.3) is 11.3 Å². The molecule has 23 heavy (non-hydrogen) atoms. The van der Waals surface area contributed by atoms with Gasteiger partial charge in [-0.05, 0) is 18.6 Å². The molecule has 7 nitrogen and oxygen atoms in total. The normalized spacial score (nSPS) is 10.3. The molecule has 0 aliphatic heterocycles. The molecule has 7 heteroatoms. The van der Waals surface area contributed by atoms with Gasteiger partial charge in [-0.1, -0.05) is 6.07 Å². The highest BCUT2D eigenvalue weighted by atomic mass is 16.5. The van der Waals surface area contributed by atoms with Crippen LogP contribution in [0, 0.1) is 0 Å². The van der Waals surface area contributed by atoms with Crippen molar-refractivity contribution in [1.82, 2.24) is 20.1 Å². The summed E-state index contributed by atoms with van der Waals surface area (Å²) in [6.07, 6.45) is 5.50. The molecule has 0 aliphatic carbocycles. The Hall–Kier alpha value is -2.70. The molecule has 2 aromatic rings. The number of amides is 1. The second-order valence-electron chi connectivity index (χ2n) is 5.00. The minimum atomic E-state index is -0.361. The van der Waals surface area contributed by atoms with Crippen LogP contribution < -0.4 is 5.32 Å². The average molecular weight is 316 g/mol. The fourth-order valence-electron chi connectivity index (χ4n) is 2.12. The lowest BCUT2D eigenvalue weighted by molar-refractivity contribution is -0.144. The van der Waals surface area contributed by atoms with E-state index in [1.54, 1.807) is 24.0 Å². The molecule has 0 fully saturated rings. The minimum absolute atomic E-state index is 0.0855. The van der Waals surface area contributed by atoms with E-state index < -0.39 is 0 Å². The molecule has 0 aromatic carbocycles. The van der Waals surface area contributed by atoms with Gasteiger partial charge in [0.15, 0.2) is 0 Å². The number of pyridine rings is 1. The van der Waals surface area contributed by atoms with Gasteiger partial charge >= 0.3 is 5.97 Å². The maximum Gasteiger partial charge on any atom is 0.306 e. The highest BCUT2D eigenvalue weighted by Gasteiger charge is 2.11. The van der Waals surface area contributed by atoms with Gasteiger partial charge in [-0.15, -0.1) is 0 Å². The second-order valence-corrected chi connectivity index (χ2v) is 5.00. The number of ether oxygens (including phenoxy) is 1. The monoisotopic (exact) mass is 316 g/mol. The van der Waals surface area contributed by atoms with Crippen LogP contribution in [0.1, 0.15) is 25.3 Å². The summed E-state index contributed by atoms with van der Waals surface area (Å²) in [6.45, 7) is 2.41. The van der Waals surface area contributed by atoms with Crippen molar-refractivity contribution in [3.05, 3.63) is 36.3 Å². The summed E-state index contributed by atoms with van der Waals surface area (Å²) in [7, 11) is 1.84. The van der Waals surface area contributed by atoms with Gasteiger partial charge in [-0.3, -0.25) is 19.3 Å². The molecular formula is C16H20N4O3. The first kappa shape index (κ1) is 16.7. The van der Waals surface area contributed by atoms with Crippen LogP contribution in [0.2, 0.25) is 0 Å². The zero-order valence-corrected chi connectivity index (χ0v) is 13.3. The SMILES string of the molecule is CCOC(=O)CCC(=O)NCc1cccnc1-c1cnn(C)c1. The second kappa shape index (κ2) is 8.07. The first-order valence-electron chi connectivity index (χ1n) is 7.45. The van der Waals surface area contributed by atoms with Crippen LogP contribution in [-0.2, 0) is 27.9 Å². The van der Waals surface area contributed by atoms with Gasteiger partial charge in [0.1, 0.15) is 0 Å². The van der Waals surface area contributed by atoms with Crippen molar-refractivity contribution >= 4 is 11.9 Å². The number of nitrogens with one attached hydrogen (secondary N) is 1. The molecular weight excluding hydrogens is 296 g/mol. The summed E-state index contributed by atoms with van der Waals surface area (Å²) in [5, 5.41) is 6.93. The van der Waals surface area contributed by atoms with Crippen LogP contribution in [0.5, 0.6) is 0 Å². The summed E-state index contributed by atoms with van der Waals surface area (Å²) in [5.74, 6) is -0.556. The number of rotatable bonds is 7. The van der Waals surface area contributed by atoms with Crippen LogP contribution >= 0.6 is 0 Å². The molecule has 2 aromatic heterocycles. The van der Waals surface area contributed by atoms with Crippen molar-refractivity contribution in [1.29, 1.82) is 0 Å². The zero-order chi connectivity index (χ0) is 16.7. The highest BCUT2D eigenvalue weighted by Crippen LogP contribution is 2.20. The fraction of sp³-hybridized carbons (Fsp3) is 0.375. The van der Waals surface area contributed by atoms with E-state index in [2.05, 4.69) is 15.4 Å². The van der Waals surface area contributed by atoms with E-state index in [-0.39, 0.29) is 24.7 Å². The predicted molar refractivity (Wildman–Crippen MR) is 84.2 cm³/mol. The van der Waals surface area contributed by atoms with Gasteiger partial charge in [0.05, 0.1) is 24.9 Å². The number of esters is 1. The zero-order valence-electron chi connectivity index (χ0n) is 13.3. The highest BCUT2D eigenvalue weighted by molar-refractivity contribution is 5.81. The molecule has 2 rings (SSSR count). The van der Waals surface area contributed by atoms with Gasteiger partial charge < -0.3 is 10.1 Å². The van der Waals surface area contributed by atoms with E-state index in [9.17, 15) is 9.59 Å². The number of aryl methyl sites for hydroxylation is 1. The maximum atomic E-state index is 11.8. The Morgan fingerprint density at radius 3 is 2.87 bits per heavy atom. The largest absolute Gasteiger partial charge is 0.466 e. The lowest BCUT2D eigenvalue weighted by Crippen LogP contribution is -2.24. The van der Waals surface area contributed by atoms with Crippen LogP contribution in [0.15, 0.2) is 30.7 Å². The number of hydrogen-bond donors (Lipinski definition) is 1. The summed E-state index contributed by atoms with van der Waals surface area (Å²) in [6, 6.07) is 3.72. The standard InChI is InChI=1S/C16H20N4O3/c1-3-23-15(22)7-6-14(21)18-9-12-5-4-8-17-16(12)13-10-19-20(2)11-13/h4-5,8,10-11H,3,6-7,9H2,1-2H3,(H,18,21).